The largest absolute Gasteiger partial charge is 0.455 e. The fourth-order valence-corrected chi connectivity index (χ4v) is 3.36. The molecule has 6 nitrogen and oxygen atoms in total. The second kappa shape index (κ2) is 9.39. The number of hydrogen-bond donors (Lipinski definition) is 0. The van der Waals surface area contributed by atoms with E-state index in [4.69, 9.17) is 4.74 Å². The summed E-state index contributed by atoms with van der Waals surface area (Å²) in [7, 11) is 1.71. The summed E-state index contributed by atoms with van der Waals surface area (Å²) in [6.07, 6.45) is 0.0791. The maximum absolute atomic E-state index is 12.5. The fourth-order valence-electron chi connectivity index (χ4n) is 3.36. The van der Waals surface area contributed by atoms with Gasteiger partial charge in [-0.15, -0.1) is 0 Å². The molecule has 0 radical (unpaired) electrons. The molecule has 30 heavy (non-hydrogen) atoms. The van der Waals surface area contributed by atoms with Gasteiger partial charge in [0.25, 0.3) is 5.91 Å². The molecule has 0 N–H and O–H groups in total. The lowest BCUT2D eigenvalue weighted by Gasteiger charge is -2.25. The third-order valence-electron chi connectivity index (χ3n) is 5.38. The van der Waals surface area contributed by atoms with Crippen LogP contribution in [-0.4, -0.2) is 40.2 Å². The van der Waals surface area contributed by atoms with Gasteiger partial charge in [-0.2, -0.15) is 5.10 Å². The van der Waals surface area contributed by atoms with Gasteiger partial charge in [0.15, 0.2) is 6.61 Å². The first-order chi connectivity index (χ1) is 14.4. The van der Waals surface area contributed by atoms with Gasteiger partial charge in [-0.25, -0.2) is 4.68 Å². The molecule has 0 fully saturated rings. The summed E-state index contributed by atoms with van der Waals surface area (Å²) in [5, 5.41) is 4.55. The lowest BCUT2D eigenvalue weighted by molar-refractivity contribution is -0.151. The quantitative estimate of drug-likeness (QED) is 0.561. The number of ether oxygens (including phenoxy) is 1. The average molecular weight is 405 g/mol. The normalized spacial score (nSPS) is 11.7. The Morgan fingerprint density at radius 1 is 1.03 bits per heavy atom. The standard InChI is InChI=1S/C24H27N3O3/c1-17-22(19(3)27(25-17)21-13-9-6-10-14-21)15-24(29)30-16-23(28)26(4)18(2)20-11-7-5-8-12-20/h5-14,18H,15-16H2,1-4H3/t18-/m1/s1. The Bertz CT molecular complexity index is 1010. The van der Waals surface area contributed by atoms with Crippen LogP contribution in [0.2, 0.25) is 0 Å². The van der Waals surface area contributed by atoms with E-state index in [9.17, 15) is 9.59 Å². The van der Waals surface area contributed by atoms with Crippen LogP contribution in [-0.2, 0) is 20.7 Å². The van der Waals surface area contributed by atoms with Gasteiger partial charge in [0.1, 0.15) is 0 Å². The summed E-state index contributed by atoms with van der Waals surface area (Å²) in [5.41, 5.74) is 4.44. The van der Waals surface area contributed by atoms with E-state index in [0.717, 1.165) is 28.2 Å². The second-order valence-electron chi connectivity index (χ2n) is 7.33. The third kappa shape index (κ3) is 4.76. The zero-order chi connectivity index (χ0) is 21.7. The van der Waals surface area contributed by atoms with Crippen molar-refractivity contribution in [2.24, 2.45) is 0 Å². The van der Waals surface area contributed by atoms with Gasteiger partial charge < -0.3 is 9.64 Å². The molecule has 3 rings (SSSR count). The first kappa shape index (κ1) is 21.3. The molecule has 1 atom stereocenters. The predicted molar refractivity (Wildman–Crippen MR) is 115 cm³/mol. The van der Waals surface area contributed by atoms with Gasteiger partial charge in [0.05, 0.1) is 23.8 Å². The van der Waals surface area contributed by atoms with E-state index in [2.05, 4.69) is 5.10 Å². The number of carbonyl (C=O) groups is 2. The molecular formula is C24H27N3O3. The molecule has 0 saturated heterocycles. The third-order valence-corrected chi connectivity index (χ3v) is 5.38. The predicted octanol–water partition coefficient (Wildman–Crippen LogP) is 3.79. The molecule has 1 heterocycles. The molecular weight excluding hydrogens is 378 g/mol. The lowest BCUT2D eigenvalue weighted by atomic mass is 10.1. The molecule has 3 aromatic rings. The number of hydrogen-bond acceptors (Lipinski definition) is 4. The summed E-state index contributed by atoms with van der Waals surface area (Å²) in [5.74, 6) is -0.684. The van der Waals surface area contributed by atoms with Crippen LogP contribution < -0.4 is 0 Å². The Labute approximate surface area is 177 Å². The van der Waals surface area contributed by atoms with E-state index < -0.39 is 5.97 Å². The number of benzene rings is 2. The Morgan fingerprint density at radius 2 is 1.63 bits per heavy atom. The van der Waals surface area contributed by atoms with E-state index >= 15 is 0 Å². The topological polar surface area (TPSA) is 64.4 Å². The SMILES string of the molecule is Cc1nn(-c2ccccc2)c(C)c1CC(=O)OCC(=O)N(C)[C@H](C)c1ccccc1. The Morgan fingerprint density at radius 3 is 2.27 bits per heavy atom. The summed E-state index contributed by atoms with van der Waals surface area (Å²) in [6.45, 7) is 5.46. The molecule has 0 bridgehead atoms. The van der Waals surface area contributed by atoms with Gasteiger partial charge in [0.2, 0.25) is 0 Å². The van der Waals surface area contributed by atoms with Crippen LogP contribution in [0.1, 0.15) is 35.5 Å². The number of rotatable bonds is 7. The van der Waals surface area contributed by atoms with E-state index in [1.54, 1.807) is 11.9 Å². The van der Waals surface area contributed by atoms with Crippen LogP contribution in [0.25, 0.3) is 5.69 Å². The molecule has 0 aliphatic rings. The van der Waals surface area contributed by atoms with Crippen LogP contribution in [0.3, 0.4) is 0 Å². The second-order valence-corrected chi connectivity index (χ2v) is 7.33. The van der Waals surface area contributed by atoms with Crippen molar-refractivity contribution in [2.45, 2.75) is 33.2 Å². The van der Waals surface area contributed by atoms with Crippen LogP contribution in [0, 0.1) is 13.8 Å². The minimum atomic E-state index is -0.442. The van der Waals surface area contributed by atoms with Crippen molar-refractivity contribution in [1.29, 1.82) is 0 Å². The van der Waals surface area contributed by atoms with Crippen molar-refractivity contribution in [3.05, 3.63) is 83.2 Å². The Kier molecular flexibility index (Phi) is 6.67. The first-order valence-corrected chi connectivity index (χ1v) is 9.95. The highest BCUT2D eigenvalue weighted by atomic mass is 16.5. The number of aromatic nitrogens is 2. The molecule has 2 aromatic carbocycles. The van der Waals surface area contributed by atoms with E-state index in [-0.39, 0.29) is 25.0 Å². The van der Waals surface area contributed by atoms with Crippen LogP contribution in [0.4, 0.5) is 0 Å². The van der Waals surface area contributed by atoms with Crippen LogP contribution in [0.15, 0.2) is 60.7 Å². The summed E-state index contributed by atoms with van der Waals surface area (Å²) < 4.78 is 7.09. The minimum absolute atomic E-state index is 0.0791. The minimum Gasteiger partial charge on any atom is -0.455 e. The van der Waals surface area contributed by atoms with Crippen molar-refractivity contribution < 1.29 is 14.3 Å². The number of esters is 1. The highest BCUT2D eigenvalue weighted by Gasteiger charge is 2.20. The number of aryl methyl sites for hydroxylation is 1. The lowest BCUT2D eigenvalue weighted by Crippen LogP contribution is -2.33. The fraction of sp³-hybridized carbons (Fsp3) is 0.292. The molecule has 6 heteroatoms. The zero-order valence-corrected chi connectivity index (χ0v) is 17.8. The van der Waals surface area contributed by atoms with Crippen molar-refractivity contribution in [3.8, 4) is 5.69 Å². The first-order valence-electron chi connectivity index (χ1n) is 9.95. The van der Waals surface area contributed by atoms with Crippen LogP contribution in [0.5, 0.6) is 0 Å². The van der Waals surface area contributed by atoms with Crippen molar-refractivity contribution in [1.82, 2.24) is 14.7 Å². The smallest absolute Gasteiger partial charge is 0.310 e. The molecule has 0 spiro atoms. The summed E-state index contributed by atoms with van der Waals surface area (Å²) in [4.78, 5) is 26.5. The molecule has 1 amide bonds. The van der Waals surface area contributed by atoms with E-state index in [0.29, 0.717) is 0 Å². The van der Waals surface area contributed by atoms with Gasteiger partial charge in [0, 0.05) is 18.3 Å². The molecule has 0 aliphatic heterocycles. The zero-order valence-electron chi connectivity index (χ0n) is 17.8. The number of para-hydroxylation sites is 1. The van der Waals surface area contributed by atoms with Gasteiger partial charge >= 0.3 is 5.97 Å². The summed E-state index contributed by atoms with van der Waals surface area (Å²) in [6, 6.07) is 19.4. The van der Waals surface area contributed by atoms with Crippen LogP contribution >= 0.6 is 0 Å². The highest BCUT2D eigenvalue weighted by Crippen LogP contribution is 2.20. The van der Waals surface area contributed by atoms with E-state index in [1.807, 2.05) is 86.1 Å². The van der Waals surface area contributed by atoms with Gasteiger partial charge in [-0.05, 0) is 38.5 Å². The maximum Gasteiger partial charge on any atom is 0.310 e. The van der Waals surface area contributed by atoms with Crippen molar-refractivity contribution in [3.63, 3.8) is 0 Å². The molecule has 156 valence electrons. The Balaban J connectivity index is 1.60. The molecule has 0 unspecified atom stereocenters. The number of carbonyl (C=O) groups excluding carboxylic acids is 2. The van der Waals surface area contributed by atoms with E-state index in [1.165, 1.54) is 0 Å². The molecule has 0 saturated carbocycles. The van der Waals surface area contributed by atoms with Crippen molar-refractivity contribution in [2.75, 3.05) is 13.7 Å². The average Bonchev–Trinajstić information content (AvgIpc) is 3.05. The summed E-state index contributed by atoms with van der Waals surface area (Å²) >= 11 is 0. The maximum atomic E-state index is 12.5. The number of likely N-dealkylation sites (N-methyl/N-ethyl adjacent to an activating group) is 1. The van der Waals surface area contributed by atoms with Gasteiger partial charge in [-0.3, -0.25) is 9.59 Å². The molecule has 1 aromatic heterocycles. The molecule has 0 aliphatic carbocycles. The number of amides is 1. The number of nitrogens with zero attached hydrogens (tertiary/aromatic N) is 3. The monoisotopic (exact) mass is 405 g/mol. The highest BCUT2D eigenvalue weighted by molar-refractivity contribution is 5.81. The van der Waals surface area contributed by atoms with Crippen molar-refractivity contribution >= 4 is 11.9 Å². The Hall–Kier alpha value is -3.41. The van der Waals surface area contributed by atoms with Gasteiger partial charge in [-0.1, -0.05) is 48.5 Å².